The molecule has 5 unspecified atom stereocenters. The van der Waals surface area contributed by atoms with Crippen LogP contribution in [-0.2, 0) is 66.8 Å². The molecule has 0 aliphatic rings. The van der Waals surface area contributed by atoms with Gasteiger partial charge in [-0.3, -0.25) is 53.8 Å². The minimum Gasteiger partial charge on any atom is -1.00 e. The van der Waals surface area contributed by atoms with Gasteiger partial charge in [-0.15, -0.1) is 0 Å². The first-order chi connectivity index (χ1) is 41.5. The first-order valence-electron chi connectivity index (χ1n) is 31.7. The number of halogens is 1. The number of alkyl halides is 1. The third kappa shape index (κ3) is 116. The summed E-state index contributed by atoms with van der Waals surface area (Å²) in [6, 6.07) is 0. The van der Waals surface area contributed by atoms with E-state index in [0.29, 0.717) is 120 Å². The molecular weight excluding hydrogens is 1300 g/mol. The molecule has 0 aromatic carbocycles. The number of nitro groups is 2. The van der Waals surface area contributed by atoms with Crippen molar-refractivity contribution in [2.75, 3.05) is 59.3 Å². The fourth-order valence-corrected chi connectivity index (χ4v) is 8.88. The number of aliphatic carboxylic acids is 2. The van der Waals surface area contributed by atoms with E-state index in [1.807, 2.05) is 76.2 Å². The molecule has 6 N–H and O–H groups in total. The first kappa shape index (κ1) is 117. The number of carboxylic acid groups (broad SMARTS) is 2. The van der Waals surface area contributed by atoms with Gasteiger partial charge in [0, 0.05) is 54.2 Å². The van der Waals surface area contributed by atoms with Crippen molar-refractivity contribution in [3.8, 4) is 0 Å². The topological polar surface area (TPSA) is 412 Å². The van der Waals surface area contributed by atoms with Gasteiger partial charge in [-0.1, -0.05) is 113 Å². The van der Waals surface area contributed by atoms with Gasteiger partial charge in [-0.25, -0.2) is 4.79 Å². The summed E-state index contributed by atoms with van der Waals surface area (Å²) in [5.41, 5.74) is 5.41. The maximum Gasteiger partial charge on any atom is 1.00 e. The van der Waals surface area contributed by atoms with Gasteiger partial charge in [0.15, 0.2) is 0 Å². The largest absolute Gasteiger partial charge is 1.00 e. The molecule has 94 heavy (non-hydrogen) atoms. The predicted octanol–water partition coefficient (Wildman–Crippen LogP) is 6.38. The molecule has 0 spiro atoms. The summed E-state index contributed by atoms with van der Waals surface area (Å²) < 4.78 is 27.8. The van der Waals surface area contributed by atoms with Crippen LogP contribution in [0.15, 0.2) is 0 Å². The maximum absolute atomic E-state index is 11.2. The molecule has 0 heterocycles. The Hall–Kier alpha value is -3.75. The first-order valence-corrected chi connectivity index (χ1v) is 32.6. The number of nitrogens with zero attached hydrogens (tertiary/aromatic N) is 2. The van der Waals surface area contributed by atoms with E-state index < -0.39 is 35.1 Å². The van der Waals surface area contributed by atoms with Crippen LogP contribution in [0.1, 0.15) is 230 Å². The number of carboxylic acids is 2. The Morgan fingerprint density at radius 3 is 1.03 bits per heavy atom. The van der Waals surface area contributed by atoms with Gasteiger partial charge >= 0.3 is 90.4 Å². The molecule has 0 amide bonds. The summed E-state index contributed by atoms with van der Waals surface area (Å²) in [5.74, 6) is -0.0100. The van der Waals surface area contributed by atoms with Crippen LogP contribution >= 0.6 is 15.9 Å². The Morgan fingerprint density at radius 1 is 0.457 bits per heavy atom. The molecular formula is C64H126BBrLiN3NaO23. The smallest absolute Gasteiger partial charge is 1.00 e. The molecule has 0 aliphatic heterocycles. The Balaban J connectivity index is -0.0000000735. The Bertz CT molecular complexity index is 1840. The van der Waals surface area contributed by atoms with Crippen LogP contribution in [0, 0.1) is 79.4 Å². The molecule has 3 radical (unpaired) electrons. The van der Waals surface area contributed by atoms with Crippen molar-refractivity contribution in [2.24, 2.45) is 64.9 Å². The zero-order valence-corrected chi connectivity index (χ0v) is 65.5. The zero-order chi connectivity index (χ0) is 72.1. The molecule has 0 aromatic rings. The van der Waals surface area contributed by atoms with Crippen molar-refractivity contribution in [3.05, 3.63) is 20.2 Å². The number of aliphatic hydroxyl groups is 1. The normalized spacial score (nSPS) is 11.4. The number of esters is 4. The molecule has 30 heteroatoms. The van der Waals surface area contributed by atoms with Crippen LogP contribution in [0.3, 0.4) is 0 Å². The van der Waals surface area contributed by atoms with Crippen molar-refractivity contribution >= 4 is 77.9 Å². The zero-order valence-electron chi connectivity index (χ0n) is 63.0. The second-order valence-electron chi connectivity index (χ2n) is 24.0. The molecule has 0 aliphatic carbocycles. The number of nitrogens with two attached hydrogens (primary N) is 1. The molecule has 5 atom stereocenters. The summed E-state index contributed by atoms with van der Waals surface area (Å²) in [6.07, 6.45) is 4.64. The average Bonchev–Trinajstić information content (AvgIpc) is 3.46. The fraction of sp³-hybridized carbons (Fsp3) is 0.859. The van der Waals surface area contributed by atoms with Crippen LogP contribution in [0.4, 0.5) is 4.79 Å². The molecule has 0 bridgehead atoms. The number of rotatable bonds is 37. The summed E-state index contributed by atoms with van der Waals surface area (Å²) in [4.78, 5) is 116. The van der Waals surface area contributed by atoms with Gasteiger partial charge < -0.3 is 61.2 Å². The standard InChI is InChI=1S/C10H19NO4.C9H17BrO2.C9H18O3.C9H16O3.C8H15NO4.C8H17NO2.C6H12O.C5H10O3.B.Li.Na.H2O.H/c1-4-15-10(12)6-9(5-8(2)3)7-11(13)14;3*1-4-12-9(11)6-8(10)5-7(2)3;1-6(2)3-7(4-8(10)11)5-9(12)13;1-6(2)3-7(5-9)4-8(10)11;1-5(2)4-6(3)7;1-3-7-5(6)8-4-2;;;;;/h8-9H,4-7H2,1-3H3;7-8H,4-6H2,1-3H3;7-8,10H,4-6H2,1-3H3;7H,4-6H2,1-3H3;6-7H,3-5H2,1-2H3,(H,10,11);6-7H,3-5,9H2,1-2H3,(H,10,11);5H,4H2,1-3H3;3-4H2,1-2H3;;;;1H2;/q;;;;;;;;;2*+1;;-1/p-1. The minimum atomic E-state index is -0.965. The number of carbonyl (C=O) groups is 9. The second kappa shape index (κ2) is 79.9. The number of aliphatic hydroxyl groups excluding tert-OH is 1. The number of ether oxygens (including phenoxy) is 6. The summed E-state index contributed by atoms with van der Waals surface area (Å²) in [7, 11) is 0. The number of ketones is 2. The van der Waals surface area contributed by atoms with Gasteiger partial charge in [-0.05, 0) is 134 Å². The molecule has 0 saturated heterocycles. The molecule has 0 aromatic heterocycles. The van der Waals surface area contributed by atoms with Crippen molar-refractivity contribution in [2.45, 2.75) is 240 Å². The van der Waals surface area contributed by atoms with Crippen LogP contribution in [-0.4, -0.2) is 163 Å². The van der Waals surface area contributed by atoms with Crippen molar-refractivity contribution in [1.82, 2.24) is 0 Å². The Labute approximate surface area is 610 Å². The van der Waals surface area contributed by atoms with E-state index in [-0.39, 0.29) is 166 Å². The quantitative estimate of drug-likeness (QED) is 0.00997. The second-order valence-corrected chi connectivity index (χ2v) is 25.3. The monoisotopic (exact) mass is 1420 g/mol. The van der Waals surface area contributed by atoms with Crippen molar-refractivity contribution < 1.29 is 152 Å². The number of Topliss-reactive ketones (excluding diaryl/α,β-unsaturated/α-hetero) is 2. The summed E-state index contributed by atoms with van der Waals surface area (Å²) >= 11 is 3.45. The fourth-order valence-electron chi connectivity index (χ4n) is 7.87. The Morgan fingerprint density at radius 2 is 0.755 bits per heavy atom. The summed E-state index contributed by atoms with van der Waals surface area (Å²) in [5, 5.41) is 46.8. The van der Waals surface area contributed by atoms with Crippen molar-refractivity contribution in [3.63, 3.8) is 0 Å². The van der Waals surface area contributed by atoms with E-state index in [9.17, 15) is 68.5 Å². The van der Waals surface area contributed by atoms with Crippen LogP contribution in [0.5, 0.6) is 0 Å². The van der Waals surface area contributed by atoms with E-state index in [1.165, 1.54) is 0 Å². The van der Waals surface area contributed by atoms with E-state index in [1.54, 1.807) is 41.5 Å². The molecule has 0 saturated carbocycles. The molecule has 0 fully saturated rings. The van der Waals surface area contributed by atoms with Gasteiger partial charge in [0.1, 0.15) is 18.0 Å². The van der Waals surface area contributed by atoms with E-state index in [0.717, 1.165) is 19.3 Å². The van der Waals surface area contributed by atoms with Gasteiger partial charge in [0.25, 0.3) is 0 Å². The number of hydrogen-bond donors (Lipinski definition) is 4. The molecule has 547 valence electrons. The predicted molar refractivity (Wildman–Crippen MR) is 361 cm³/mol. The Kier molecular flexibility index (Phi) is 99.8. The van der Waals surface area contributed by atoms with Crippen LogP contribution in [0.25, 0.3) is 0 Å². The summed E-state index contributed by atoms with van der Waals surface area (Å²) in [6.45, 7) is 42.7. The molecule has 26 nitrogen and oxygen atoms in total. The van der Waals surface area contributed by atoms with Crippen LogP contribution < -0.4 is 54.2 Å². The average molecular weight is 1430 g/mol. The number of hydrogen-bond acceptors (Lipinski definition) is 22. The van der Waals surface area contributed by atoms with Gasteiger partial charge in [-0.2, -0.15) is 0 Å². The number of carbonyl (C=O) groups excluding carboxylic acids is 7. The van der Waals surface area contributed by atoms with E-state index in [2.05, 4.69) is 57.8 Å². The van der Waals surface area contributed by atoms with Gasteiger partial charge in [0.2, 0.25) is 13.1 Å². The maximum atomic E-state index is 11.2. The molecule has 0 rings (SSSR count). The SMILES string of the molecule is CC(=O)CC(C)C.CC(C)CC(CC(=O)O)C[N+](=O)[O-].CC(C)CC(CN)CC(=O)O.CCOC(=O)CC(=O)CC(C)C.CCOC(=O)CC(Br)CC(C)C.CCOC(=O)CC(CC(C)C)C[N+](=O)[O-].CCOC(=O)CC(O)CC(C)C.CCOC(=O)OCC.[B].[H-].[Li+].[Na+].[OH-]. The van der Waals surface area contributed by atoms with Crippen molar-refractivity contribution in [1.29, 1.82) is 0 Å². The third-order valence-electron chi connectivity index (χ3n) is 10.6. The minimum absolute atomic E-state index is 0. The third-order valence-corrected chi connectivity index (χ3v) is 11.3. The van der Waals surface area contributed by atoms with Crippen LogP contribution in [0.2, 0.25) is 0 Å². The van der Waals surface area contributed by atoms with E-state index >= 15 is 0 Å². The van der Waals surface area contributed by atoms with Gasteiger partial charge in [0.05, 0.1) is 71.4 Å². The van der Waals surface area contributed by atoms with E-state index in [4.69, 9.17) is 30.2 Å².